The van der Waals surface area contributed by atoms with Crippen molar-refractivity contribution >= 4 is 22.8 Å². The van der Waals surface area contributed by atoms with Gasteiger partial charge in [0.15, 0.2) is 0 Å². The van der Waals surface area contributed by atoms with Crippen LogP contribution in [0.5, 0.6) is 0 Å². The molecule has 1 saturated heterocycles. The van der Waals surface area contributed by atoms with E-state index >= 15 is 0 Å². The molecule has 138 valence electrons. The molecule has 1 aliphatic rings. The molecule has 0 bridgehead atoms. The van der Waals surface area contributed by atoms with E-state index in [-0.39, 0.29) is 29.9 Å². The van der Waals surface area contributed by atoms with Crippen LogP contribution in [0.25, 0.3) is 10.9 Å². The molecule has 1 aromatic heterocycles. The summed E-state index contributed by atoms with van der Waals surface area (Å²) in [6.07, 6.45) is 2.89. The first-order chi connectivity index (χ1) is 12.5. The molecular weight excluding hydrogens is 334 g/mol. The molecule has 0 aliphatic carbocycles. The summed E-state index contributed by atoms with van der Waals surface area (Å²) in [4.78, 5) is 43.2. The molecule has 2 aromatic rings. The minimum atomic E-state index is -0.290. The number of fused-ring (bicyclic) bond motifs is 1. The highest BCUT2D eigenvalue weighted by molar-refractivity contribution is 5.81. The van der Waals surface area contributed by atoms with E-state index in [2.05, 4.69) is 4.98 Å². The summed E-state index contributed by atoms with van der Waals surface area (Å²) in [6, 6.07) is 5.42. The van der Waals surface area contributed by atoms with E-state index in [0.717, 1.165) is 18.4 Å². The van der Waals surface area contributed by atoms with Gasteiger partial charge in [-0.3, -0.25) is 19.0 Å². The fourth-order valence-corrected chi connectivity index (χ4v) is 3.35. The number of carbonyl (C=O) groups is 2. The topological polar surface area (TPSA) is 81.5 Å². The molecule has 26 heavy (non-hydrogen) atoms. The van der Waals surface area contributed by atoms with E-state index in [0.29, 0.717) is 30.6 Å². The monoisotopic (exact) mass is 357 g/mol. The Balaban J connectivity index is 1.76. The van der Waals surface area contributed by atoms with Gasteiger partial charge in [0.25, 0.3) is 5.56 Å². The van der Waals surface area contributed by atoms with Gasteiger partial charge < -0.3 is 9.64 Å². The summed E-state index contributed by atoms with van der Waals surface area (Å²) in [5, 5.41) is 0.503. The number of carbonyl (C=O) groups excluding carboxylic acids is 2. The highest BCUT2D eigenvalue weighted by Crippen LogP contribution is 2.18. The van der Waals surface area contributed by atoms with E-state index < -0.39 is 0 Å². The highest BCUT2D eigenvalue weighted by atomic mass is 16.5. The minimum absolute atomic E-state index is 0.0781. The summed E-state index contributed by atoms with van der Waals surface area (Å²) in [7, 11) is 0. The lowest BCUT2D eigenvalue weighted by atomic mass is 9.98. The second-order valence-corrected chi connectivity index (χ2v) is 6.58. The molecule has 0 spiro atoms. The van der Waals surface area contributed by atoms with Crippen LogP contribution in [0.15, 0.2) is 29.3 Å². The lowest BCUT2D eigenvalue weighted by molar-refractivity contribution is -0.151. The van der Waals surface area contributed by atoms with Gasteiger partial charge in [0, 0.05) is 13.1 Å². The van der Waals surface area contributed by atoms with Gasteiger partial charge in [0.2, 0.25) is 5.91 Å². The normalized spacial score (nSPS) is 17.3. The first-order valence-electron chi connectivity index (χ1n) is 8.90. The molecule has 2 heterocycles. The number of aryl methyl sites for hydroxylation is 1. The van der Waals surface area contributed by atoms with Gasteiger partial charge in [0.05, 0.1) is 29.8 Å². The molecule has 1 fully saturated rings. The van der Waals surface area contributed by atoms with Crippen LogP contribution in [0.3, 0.4) is 0 Å². The number of amides is 1. The average molecular weight is 357 g/mol. The second-order valence-electron chi connectivity index (χ2n) is 6.58. The largest absolute Gasteiger partial charge is 0.466 e. The number of esters is 1. The SMILES string of the molecule is CCOC(=O)C1CCCN(C(=O)Cn2cnc3c(C)cccc3c2=O)C1. The van der Waals surface area contributed by atoms with Crippen LogP contribution in [0.2, 0.25) is 0 Å². The van der Waals surface area contributed by atoms with Gasteiger partial charge in [-0.2, -0.15) is 0 Å². The van der Waals surface area contributed by atoms with Crippen LogP contribution >= 0.6 is 0 Å². The number of hydrogen-bond donors (Lipinski definition) is 0. The van der Waals surface area contributed by atoms with Gasteiger partial charge in [0.1, 0.15) is 6.54 Å². The van der Waals surface area contributed by atoms with Gasteiger partial charge >= 0.3 is 5.97 Å². The maximum Gasteiger partial charge on any atom is 0.310 e. The molecule has 1 atom stereocenters. The summed E-state index contributed by atoms with van der Waals surface area (Å²) < 4.78 is 6.40. The molecule has 3 rings (SSSR count). The van der Waals surface area contributed by atoms with Gasteiger partial charge in [-0.15, -0.1) is 0 Å². The predicted molar refractivity (Wildman–Crippen MR) is 96.7 cm³/mol. The number of hydrogen-bond acceptors (Lipinski definition) is 5. The maximum absolute atomic E-state index is 12.6. The summed E-state index contributed by atoms with van der Waals surface area (Å²) in [5.74, 6) is -0.735. The van der Waals surface area contributed by atoms with E-state index in [1.807, 2.05) is 19.1 Å². The molecule has 1 unspecified atom stereocenters. The lowest BCUT2D eigenvalue weighted by Gasteiger charge is -2.31. The van der Waals surface area contributed by atoms with E-state index in [9.17, 15) is 14.4 Å². The predicted octanol–water partition coefficient (Wildman–Crippen LogP) is 1.51. The van der Waals surface area contributed by atoms with Crippen molar-refractivity contribution in [2.75, 3.05) is 19.7 Å². The van der Waals surface area contributed by atoms with Crippen molar-refractivity contribution in [3.05, 3.63) is 40.4 Å². The number of nitrogens with zero attached hydrogens (tertiary/aromatic N) is 3. The third kappa shape index (κ3) is 3.61. The quantitative estimate of drug-likeness (QED) is 0.775. The maximum atomic E-state index is 12.6. The standard InChI is InChI=1S/C19H23N3O4/c1-3-26-19(25)14-7-5-9-21(10-14)16(23)11-22-12-20-17-13(2)6-4-8-15(17)18(22)24/h4,6,8,12,14H,3,5,7,9-11H2,1-2H3. The Hall–Kier alpha value is -2.70. The molecule has 7 heteroatoms. The molecule has 0 N–H and O–H groups in total. The van der Waals surface area contributed by atoms with E-state index in [4.69, 9.17) is 4.74 Å². The summed E-state index contributed by atoms with van der Waals surface area (Å²) in [6.45, 7) is 4.85. The smallest absolute Gasteiger partial charge is 0.310 e. The van der Waals surface area contributed by atoms with Crippen LogP contribution in [-0.2, 0) is 20.9 Å². The number of benzene rings is 1. The average Bonchev–Trinajstić information content (AvgIpc) is 2.65. The molecular formula is C19H23N3O4. The third-order valence-corrected chi connectivity index (χ3v) is 4.75. The van der Waals surface area contributed by atoms with Crippen LogP contribution in [-0.4, -0.2) is 46.0 Å². The summed E-state index contributed by atoms with van der Waals surface area (Å²) in [5.41, 5.74) is 1.35. The molecule has 1 aliphatic heterocycles. The highest BCUT2D eigenvalue weighted by Gasteiger charge is 2.29. The Morgan fingerprint density at radius 3 is 2.92 bits per heavy atom. The van der Waals surface area contributed by atoms with Crippen molar-refractivity contribution in [3.63, 3.8) is 0 Å². The Morgan fingerprint density at radius 2 is 2.15 bits per heavy atom. The van der Waals surface area contributed by atoms with E-state index in [1.165, 1.54) is 10.9 Å². The van der Waals surface area contributed by atoms with Crippen molar-refractivity contribution in [3.8, 4) is 0 Å². The fourth-order valence-electron chi connectivity index (χ4n) is 3.35. The molecule has 1 amide bonds. The zero-order valence-electron chi connectivity index (χ0n) is 15.1. The van der Waals surface area contributed by atoms with Crippen LogP contribution < -0.4 is 5.56 Å². The van der Waals surface area contributed by atoms with Crippen LogP contribution in [0, 0.1) is 12.8 Å². The number of para-hydroxylation sites is 1. The fraction of sp³-hybridized carbons (Fsp3) is 0.474. The Kier molecular flexibility index (Phi) is 5.35. The van der Waals surface area contributed by atoms with Crippen molar-refractivity contribution in [1.29, 1.82) is 0 Å². The van der Waals surface area contributed by atoms with Gasteiger partial charge in [-0.1, -0.05) is 12.1 Å². The second kappa shape index (κ2) is 7.68. The zero-order valence-corrected chi connectivity index (χ0v) is 15.1. The van der Waals surface area contributed by atoms with Crippen LogP contribution in [0.1, 0.15) is 25.3 Å². The minimum Gasteiger partial charge on any atom is -0.466 e. The van der Waals surface area contributed by atoms with Gasteiger partial charge in [-0.25, -0.2) is 4.98 Å². The number of piperidine rings is 1. The number of rotatable bonds is 4. The molecule has 1 aromatic carbocycles. The Bertz CT molecular complexity index is 890. The Morgan fingerprint density at radius 1 is 1.35 bits per heavy atom. The number of aromatic nitrogens is 2. The molecule has 7 nitrogen and oxygen atoms in total. The molecule has 0 radical (unpaired) electrons. The van der Waals surface area contributed by atoms with E-state index in [1.54, 1.807) is 17.9 Å². The first kappa shape index (κ1) is 18.1. The van der Waals surface area contributed by atoms with Crippen molar-refractivity contribution < 1.29 is 14.3 Å². The number of likely N-dealkylation sites (tertiary alicyclic amines) is 1. The van der Waals surface area contributed by atoms with Crippen molar-refractivity contribution in [2.45, 2.75) is 33.2 Å². The van der Waals surface area contributed by atoms with Crippen LogP contribution in [0.4, 0.5) is 0 Å². The Labute approximate surface area is 151 Å². The summed E-state index contributed by atoms with van der Waals surface area (Å²) >= 11 is 0. The van der Waals surface area contributed by atoms with Crippen molar-refractivity contribution in [2.24, 2.45) is 5.92 Å². The lowest BCUT2D eigenvalue weighted by Crippen LogP contribution is -2.45. The molecule has 0 saturated carbocycles. The first-order valence-corrected chi connectivity index (χ1v) is 8.90. The van der Waals surface area contributed by atoms with Gasteiger partial charge in [-0.05, 0) is 38.3 Å². The number of ether oxygens (including phenoxy) is 1. The third-order valence-electron chi connectivity index (χ3n) is 4.75. The van der Waals surface area contributed by atoms with Crippen molar-refractivity contribution in [1.82, 2.24) is 14.5 Å². The zero-order chi connectivity index (χ0) is 18.7.